The summed E-state index contributed by atoms with van der Waals surface area (Å²) in [4.78, 5) is 12.9. The van der Waals surface area contributed by atoms with E-state index in [0.717, 1.165) is 11.3 Å². The highest BCUT2D eigenvalue weighted by atomic mass is 32.1. The highest BCUT2D eigenvalue weighted by molar-refractivity contribution is 7.10. The van der Waals surface area contributed by atoms with E-state index in [4.69, 9.17) is 0 Å². The molecule has 1 amide bonds. The zero-order chi connectivity index (χ0) is 13.8. The number of aryl methyl sites for hydroxylation is 1. The van der Waals surface area contributed by atoms with Gasteiger partial charge in [0.05, 0.1) is 6.42 Å². The van der Waals surface area contributed by atoms with Gasteiger partial charge in [-0.1, -0.05) is 6.07 Å². The molecule has 0 aliphatic heterocycles. The van der Waals surface area contributed by atoms with Gasteiger partial charge in [0.25, 0.3) is 0 Å². The Morgan fingerprint density at radius 1 is 1.42 bits per heavy atom. The van der Waals surface area contributed by atoms with Crippen LogP contribution in [-0.2, 0) is 24.7 Å². The molecule has 0 aromatic carbocycles. The maximum absolute atomic E-state index is 11.7. The molecule has 19 heavy (non-hydrogen) atoms. The van der Waals surface area contributed by atoms with E-state index in [1.54, 1.807) is 11.3 Å². The second-order valence-corrected chi connectivity index (χ2v) is 5.84. The van der Waals surface area contributed by atoms with Gasteiger partial charge in [-0.05, 0) is 43.3 Å². The fourth-order valence-electron chi connectivity index (χ4n) is 2.16. The molecule has 3 nitrogen and oxygen atoms in total. The zero-order valence-corrected chi connectivity index (χ0v) is 12.5. The molecule has 0 atom stereocenters. The van der Waals surface area contributed by atoms with E-state index in [2.05, 4.69) is 36.8 Å². The lowest BCUT2D eigenvalue weighted by Crippen LogP contribution is -2.27. The summed E-state index contributed by atoms with van der Waals surface area (Å²) in [7, 11) is 2.07. The quantitative estimate of drug-likeness (QED) is 0.895. The fraction of sp³-hybridized carbons (Fsp3) is 0.400. The average Bonchev–Trinajstić information content (AvgIpc) is 2.95. The molecule has 0 bridgehead atoms. The number of amides is 1. The van der Waals surface area contributed by atoms with E-state index in [1.165, 1.54) is 17.0 Å². The molecule has 0 aliphatic carbocycles. The first-order valence-corrected chi connectivity index (χ1v) is 7.36. The van der Waals surface area contributed by atoms with Crippen molar-refractivity contribution in [2.75, 3.05) is 6.54 Å². The van der Waals surface area contributed by atoms with Crippen LogP contribution < -0.4 is 5.32 Å². The summed E-state index contributed by atoms with van der Waals surface area (Å²) in [5.41, 5.74) is 3.86. The third-order valence-corrected chi connectivity index (χ3v) is 4.39. The number of nitrogens with zero attached hydrogens (tertiary/aromatic N) is 1. The Kier molecular flexibility index (Phi) is 4.43. The van der Waals surface area contributed by atoms with Crippen molar-refractivity contribution in [3.8, 4) is 0 Å². The number of nitrogens with one attached hydrogen (secondary N) is 1. The Labute approximate surface area is 118 Å². The van der Waals surface area contributed by atoms with E-state index in [0.29, 0.717) is 13.0 Å². The molecular weight excluding hydrogens is 256 g/mol. The molecule has 0 saturated carbocycles. The summed E-state index contributed by atoms with van der Waals surface area (Å²) in [6.07, 6.45) is 1.38. The highest BCUT2D eigenvalue weighted by Crippen LogP contribution is 2.13. The van der Waals surface area contributed by atoms with E-state index in [9.17, 15) is 4.79 Å². The first-order valence-electron chi connectivity index (χ1n) is 6.49. The lowest BCUT2D eigenvalue weighted by atomic mass is 10.2. The Balaban J connectivity index is 1.80. The Hall–Kier alpha value is -1.55. The number of thiophene rings is 1. The molecular formula is C15H20N2OS. The molecule has 0 spiro atoms. The number of aromatic nitrogens is 1. The lowest BCUT2D eigenvalue weighted by molar-refractivity contribution is -0.120. The van der Waals surface area contributed by atoms with Gasteiger partial charge < -0.3 is 9.88 Å². The molecule has 2 rings (SSSR count). The topological polar surface area (TPSA) is 34.0 Å². The van der Waals surface area contributed by atoms with Crippen molar-refractivity contribution in [3.63, 3.8) is 0 Å². The maximum Gasteiger partial charge on any atom is 0.225 e. The summed E-state index contributed by atoms with van der Waals surface area (Å²) in [5.74, 6) is 0.104. The summed E-state index contributed by atoms with van der Waals surface area (Å²) < 4.78 is 2.18. The van der Waals surface area contributed by atoms with Gasteiger partial charge in [0.1, 0.15) is 0 Å². The molecule has 0 unspecified atom stereocenters. The van der Waals surface area contributed by atoms with Gasteiger partial charge in [0.15, 0.2) is 0 Å². The number of hydrogen-bond donors (Lipinski definition) is 1. The predicted molar refractivity (Wildman–Crippen MR) is 79.6 cm³/mol. The minimum Gasteiger partial charge on any atom is -0.355 e. The minimum absolute atomic E-state index is 0.104. The lowest BCUT2D eigenvalue weighted by Gasteiger charge is -2.05. The van der Waals surface area contributed by atoms with Crippen molar-refractivity contribution < 1.29 is 4.79 Å². The van der Waals surface area contributed by atoms with Gasteiger partial charge >= 0.3 is 0 Å². The van der Waals surface area contributed by atoms with Crippen molar-refractivity contribution in [2.24, 2.45) is 7.05 Å². The Morgan fingerprint density at radius 2 is 2.21 bits per heavy atom. The van der Waals surface area contributed by atoms with Crippen molar-refractivity contribution >= 4 is 17.2 Å². The first-order chi connectivity index (χ1) is 9.08. The molecule has 102 valence electrons. The van der Waals surface area contributed by atoms with Crippen molar-refractivity contribution in [1.82, 2.24) is 9.88 Å². The van der Waals surface area contributed by atoms with E-state index in [1.807, 2.05) is 17.5 Å². The highest BCUT2D eigenvalue weighted by Gasteiger charge is 2.07. The number of carbonyl (C=O) groups is 1. The van der Waals surface area contributed by atoms with Gasteiger partial charge in [-0.2, -0.15) is 0 Å². The molecule has 2 aromatic heterocycles. The summed E-state index contributed by atoms with van der Waals surface area (Å²) in [6, 6.07) is 6.17. The SMILES string of the molecule is Cc1cc(CCNC(=O)Cc2cccs2)c(C)n1C. The van der Waals surface area contributed by atoms with E-state index in [-0.39, 0.29) is 5.91 Å². The molecule has 0 aliphatic rings. The third kappa shape index (κ3) is 3.47. The largest absolute Gasteiger partial charge is 0.355 e. The monoisotopic (exact) mass is 276 g/mol. The van der Waals surface area contributed by atoms with Gasteiger partial charge in [0.2, 0.25) is 5.91 Å². The predicted octanol–water partition coefficient (Wildman–Crippen LogP) is 2.60. The van der Waals surface area contributed by atoms with Crippen LogP contribution >= 0.6 is 11.3 Å². The van der Waals surface area contributed by atoms with Gasteiger partial charge in [0, 0.05) is 29.9 Å². The standard InChI is InChI=1S/C15H20N2OS/c1-11-9-13(12(2)17(11)3)6-7-16-15(18)10-14-5-4-8-19-14/h4-5,8-9H,6-7,10H2,1-3H3,(H,16,18). The summed E-state index contributed by atoms with van der Waals surface area (Å²) >= 11 is 1.62. The van der Waals surface area contributed by atoms with Crippen LogP contribution in [0.5, 0.6) is 0 Å². The van der Waals surface area contributed by atoms with Crippen LogP contribution in [0.3, 0.4) is 0 Å². The zero-order valence-electron chi connectivity index (χ0n) is 11.7. The number of carbonyl (C=O) groups excluding carboxylic acids is 1. The van der Waals surface area contributed by atoms with Crippen LogP contribution in [0.25, 0.3) is 0 Å². The van der Waals surface area contributed by atoms with Gasteiger partial charge in [-0.15, -0.1) is 11.3 Å². The molecule has 2 aromatic rings. The molecule has 4 heteroatoms. The second kappa shape index (κ2) is 6.06. The average molecular weight is 276 g/mol. The van der Waals surface area contributed by atoms with E-state index >= 15 is 0 Å². The summed E-state index contributed by atoms with van der Waals surface area (Å²) in [5, 5.41) is 4.98. The third-order valence-electron chi connectivity index (χ3n) is 3.51. The maximum atomic E-state index is 11.7. The van der Waals surface area contributed by atoms with Crippen LogP contribution in [0.2, 0.25) is 0 Å². The van der Waals surface area contributed by atoms with Crippen molar-refractivity contribution in [1.29, 1.82) is 0 Å². The van der Waals surface area contributed by atoms with Crippen LogP contribution in [0, 0.1) is 13.8 Å². The molecule has 0 fully saturated rings. The van der Waals surface area contributed by atoms with Gasteiger partial charge in [-0.25, -0.2) is 0 Å². The number of hydrogen-bond acceptors (Lipinski definition) is 2. The van der Waals surface area contributed by atoms with Crippen molar-refractivity contribution in [3.05, 3.63) is 45.4 Å². The smallest absolute Gasteiger partial charge is 0.225 e. The second-order valence-electron chi connectivity index (χ2n) is 4.81. The molecule has 2 heterocycles. The van der Waals surface area contributed by atoms with Crippen LogP contribution in [-0.4, -0.2) is 17.0 Å². The first kappa shape index (κ1) is 13.9. The molecule has 0 saturated heterocycles. The van der Waals surface area contributed by atoms with E-state index < -0.39 is 0 Å². The Bertz CT molecular complexity index is 555. The van der Waals surface area contributed by atoms with Crippen molar-refractivity contribution in [2.45, 2.75) is 26.7 Å². The number of rotatable bonds is 5. The van der Waals surface area contributed by atoms with Crippen LogP contribution in [0.1, 0.15) is 21.8 Å². The fourth-order valence-corrected chi connectivity index (χ4v) is 2.86. The van der Waals surface area contributed by atoms with Gasteiger partial charge in [-0.3, -0.25) is 4.79 Å². The molecule has 1 N–H and O–H groups in total. The van der Waals surface area contributed by atoms with Crippen LogP contribution in [0.4, 0.5) is 0 Å². The minimum atomic E-state index is 0.104. The normalized spacial score (nSPS) is 10.7. The summed E-state index contributed by atoms with van der Waals surface area (Å²) in [6.45, 7) is 4.93. The molecule has 0 radical (unpaired) electrons. The van der Waals surface area contributed by atoms with Crippen LogP contribution in [0.15, 0.2) is 23.6 Å². The Morgan fingerprint density at radius 3 is 2.79 bits per heavy atom.